The maximum atomic E-state index is 13.4. The quantitative estimate of drug-likeness (QED) is 0.0757. The lowest BCUT2D eigenvalue weighted by Gasteiger charge is -2.33. The summed E-state index contributed by atoms with van der Waals surface area (Å²) in [5.74, 6) is -2.34. The first-order valence-electron chi connectivity index (χ1n) is 11.5. The lowest BCUT2D eigenvalue weighted by Crippen LogP contribution is -2.52. The number of nitrogens with zero attached hydrogens (tertiary/aromatic N) is 3. The van der Waals surface area contributed by atoms with E-state index in [-0.39, 0.29) is 56.4 Å². The van der Waals surface area contributed by atoms with Gasteiger partial charge < -0.3 is 32.5 Å². The van der Waals surface area contributed by atoms with Crippen LogP contribution in [0.1, 0.15) is 31.2 Å². The topological polar surface area (TPSA) is 220 Å². The molecule has 13 nitrogen and oxygen atoms in total. The van der Waals surface area contributed by atoms with Crippen LogP contribution in [0.15, 0.2) is 59.6 Å². The fraction of sp³-hybridized carbons (Fsp3) is 0.333. The van der Waals surface area contributed by atoms with Crippen LogP contribution in [0.4, 0.5) is 11.4 Å². The zero-order valence-corrected chi connectivity index (χ0v) is 21.4. The van der Waals surface area contributed by atoms with Crippen molar-refractivity contribution in [2.24, 2.45) is 22.2 Å². The van der Waals surface area contributed by atoms with Crippen LogP contribution in [0.2, 0.25) is 0 Å². The van der Waals surface area contributed by atoms with Crippen LogP contribution in [0.25, 0.3) is 0 Å². The van der Waals surface area contributed by atoms with Crippen LogP contribution >= 0.6 is 12.4 Å². The predicted octanol–water partition coefficient (Wildman–Crippen LogP) is 1.60. The monoisotopic (exact) mass is 549 g/mol. The number of hydrogen-bond donors (Lipinski definition) is 5. The number of hydrogen-bond acceptors (Lipinski definition) is 7. The predicted molar refractivity (Wildman–Crippen MR) is 145 cm³/mol. The van der Waals surface area contributed by atoms with Crippen molar-refractivity contribution < 1.29 is 24.4 Å². The molecular weight excluding hydrogens is 518 g/mol. The molecule has 2 aromatic carbocycles. The van der Waals surface area contributed by atoms with E-state index >= 15 is 0 Å². The number of amides is 2. The van der Waals surface area contributed by atoms with Gasteiger partial charge >= 0.3 is 5.97 Å². The van der Waals surface area contributed by atoms with E-state index in [4.69, 9.17) is 22.3 Å². The van der Waals surface area contributed by atoms with Crippen molar-refractivity contribution in [2.45, 2.75) is 44.3 Å². The zero-order chi connectivity index (χ0) is 27.4. The number of aliphatic imine (C=N–C) groups is 1. The number of anilines is 1. The number of carboxylic acid groups (broad SMARTS) is 1. The number of nitrogens with two attached hydrogens (primary N) is 3. The highest BCUT2D eigenvalue weighted by Crippen LogP contribution is 2.20. The Morgan fingerprint density at radius 1 is 1.05 bits per heavy atom. The summed E-state index contributed by atoms with van der Waals surface area (Å²) >= 11 is 0. The third kappa shape index (κ3) is 10.4. The van der Waals surface area contributed by atoms with Gasteiger partial charge in [0.1, 0.15) is 6.04 Å². The summed E-state index contributed by atoms with van der Waals surface area (Å²) in [6.45, 7) is 0.253. The van der Waals surface area contributed by atoms with E-state index in [2.05, 4.69) is 10.3 Å². The Labute approximate surface area is 225 Å². The number of aliphatic carboxylic acids is 1. The standard InChI is InChI=1S/C24H31N7O6.ClH/c25-19(12-13-21(32)33)23(35)30(15-16-5-2-1-3-6-16)20(7-4-14-28-24(26)27)22(34)29-17-8-10-18(11-9-17)31(36)37;/h1-3,5-6,8-11,19-20H,4,7,12-15,25H2,(H,29,34)(H,32,33)(H4,26,27,28);1H/t19-,20-;/m0./s1. The first-order valence-corrected chi connectivity index (χ1v) is 11.5. The summed E-state index contributed by atoms with van der Waals surface area (Å²) in [5, 5.41) is 22.6. The summed E-state index contributed by atoms with van der Waals surface area (Å²) in [6.07, 6.45) is 0.0966. The number of carboxylic acids is 1. The molecule has 0 saturated carbocycles. The van der Waals surface area contributed by atoms with E-state index in [1.807, 2.05) is 6.07 Å². The molecule has 0 saturated heterocycles. The molecule has 0 bridgehead atoms. The highest BCUT2D eigenvalue weighted by Gasteiger charge is 2.32. The van der Waals surface area contributed by atoms with E-state index < -0.39 is 34.8 Å². The Bertz CT molecular complexity index is 1110. The Kier molecular flexibility index (Phi) is 13.2. The fourth-order valence-electron chi connectivity index (χ4n) is 3.55. The van der Waals surface area contributed by atoms with Crippen LogP contribution in [-0.4, -0.2) is 57.3 Å². The third-order valence-corrected chi connectivity index (χ3v) is 5.42. The van der Waals surface area contributed by atoms with Crippen molar-refractivity contribution in [3.8, 4) is 0 Å². The number of nitro benzene ring substituents is 1. The number of halogens is 1. The van der Waals surface area contributed by atoms with Crippen LogP contribution in [0, 0.1) is 10.1 Å². The minimum absolute atomic E-state index is 0. The molecule has 0 unspecified atom stereocenters. The molecule has 2 aromatic rings. The average Bonchev–Trinajstić information content (AvgIpc) is 2.86. The van der Waals surface area contributed by atoms with Crippen LogP contribution in [0.3, 0.4) is 0 Å². The molecule has 0 aliphatic carbocycles. The summed E-state index contributed by atoms with van der Waals surface area (Å²) in [7, 11) is 0. The van der Waals surface area contributed by atoms with Gasteiger partial charge in [-0.3, -0.25) is 29.5 Å². The van der Waals surface area contributed by atoms with Gasteiger partial charge in [0.15, 0.2) is 5.96 Å². The van der Waals surface area contributed by atoms with Gasteiger partial charge in [-0.05, 0) is 37.0 Å². The first kappa shape index (κ1) is 31.8. The van der Waals surface area contributed by atoms with Gasteiger partial charge in [0.2, 0.25) is 11.8 Å². The summed E-state index contributed by atoms with van der Waals surface area (Å²) in [6, 6.07) is 12.0. The van der Waals surface area contributed by atoms with E-state index in [9.17, 15) is 24.5 Å². The van der Waals surface area contributed by atoms with Crippen LogP contribution in [-0.2, 0) is 20.9 Å². The van der Waals surface area contributed by atoms with Crippen LogP contribution in [0.5, 0.6) is 0 Å². The molecular formula is C24H32ClN7O6. The second kappa shape index (κ2) is 15.8. The molecule has 0 spiro atoms. The van der Waals surface area contributed by atoms with Crippen molar-refractivity contribution in [1.29, 1.82) is 0 Å². The summed E-state index contributed by atoms with van der Waals surface area (Å²) in [4.78, 5) is 53.4. The lowest BCUT2D eigenvalue weighted by atomic mass is 10.0. The molecule has 0 aromatic heterocycles. The molecule has 0 radical (unpaired) electrons. The Morgan fingerprint density at radius 2 is 1.68 bits per heavy atom. The molecule has 38 heavy (non-hydrogen) atoms. The molecule has 2 atom stereocenters. The van der Waals surface area contributed by atoms with E-state index in [0.717, 1.165) is 5.56 Å². The molecule has 0 heterocycles. The second-order valence-corrected chi connectivity index (χ2v) is 8.25. The maximum Gasteiger partial charge on any atom is 0.303 e. The van der Waals surface area contributed by atoms with Crippen molar-refractivity contribution >= 4 is 47.5 Å². The molecule has 0 aliphatic rings. The largest absolute Gasteiger partial charge is 0.481 e. The van der Waals surface area contributed by atoms with Gasteiger partial charge in [-0.25, -0.2) is 0 Å². The minimum atomic E-state index is -1.15. The third-order valence-electron chi connectivity index (χ3n) is 5.42. The average molecular weight is 550 g/mol. The van der Waals surface area contributed by atoms with Gasteiger partial charge in [-0.15, -0.1) is 12.4 Å². The van der Waals surface area contributed by atoms with E-state index in [1.54, 1.807) is 24.3 Å². The molecule has 0 fully saturated rings. The van der Waals surface area contributed by atoms with Gasteiger partial charge in [0.05, 0.1) is 11.0 Å². The Hall–Kier alpha value is -4.23. The number of nitro groups is 1. The minimum Gasteiger partial charge on any atom is -0.481 e. The summed E-state index contributed by atoms with van der Waals surface area (Å²) in [5.41, 5.74) is 17.7. The number of guanidine groups is 1. The Balaban J connectivity index is 0.00000722. The van der Waals surface area contributed by atoms with Crippen molar-refractivity contribution in [1.82, 2.24) is 4.90 Å². The van der Waals surface area contributed by atoms with Crippen LogP contribution < -0.4 is 22.5 Å². The smallest absolute Gasteiger partial charge is 0.303 e. The number of non-ortho nitro benzene ring substituents is 1. The number of benzene rings is 2. The normalized spacial score (nSPS) is 11.8. The molecule has 2 amide bonds. The molecule has 8 N–H and O–H groups in total. The summed E-state index contributed by atoms with van der Waals surface area (Å²) < 4.78 is 0. The number of carbonyl (C=O) groups is 3. The first-order chi connectivity index (χ1) is 17.6. The van der Waals surface area contributed by atoms with Crippen molar-refractivity contribution in [3.63, 3.8) is 0 Å². The molecule has 14 heteroatoms. The van der Waals surface area contributed by atoms with E-state index in [0.29, 0.717) is 12.1 Å². The molecule has 0 aliphatic heterocycles. The highest BCUT2D eigenvalue weighted by atomic mass is 35.5. The number of carbonyl (C=O) groups excluding carboxylic acids is 2. The second-order valence-electron chi connectivity index (χ2n) is 8.25. The number of rotatable bonds is 14. The van der Waals surface area contributed by atoms with Gasteiger partial charge in [-0.2, -0.15) is 0 Å². The molecule has 206 valence electrons. The lowest BCUT2D eigenvalue weighted by molar-refractivity contribution is -0.384. The fourth-order valence-corrected chi connectivity index (χ4v) is 3.55. The zero-order valence-electron chi connectivity index (χ0n) is 20.6. The van der Waals surface area contributed by atoms with Gasteiger partial charge in [-0.1, -0.05) is 30.3 Å². The molecule has 2 rings (SSSR count). The number of nitrogens with one attached hydrogen (secondary N) is 1. The maximum absolute atomic E-state index is 13.4. The van der Waals surface area contributed by atoms with E-state index in [1.165, 1.54) is 29.2 Å². The highest BCUT2D eigenvalue weighted by molar-refractivity contribution is 5.98. The van der Waals surface area contributed by atoms with Gasteiger partial charge in [0.25, 0.3) is 5.69 Å². The Morgan fingerprint density at radius 3 is 2.24 bits per heavy atom. The SMILES string of the molecule is Cl.NC(N)=NCCC[C@@H](C(=O)Nc1ccc([N+](=O)[O-])cc1)N(Cc1ccccc1)C(=O)[C@@H](N)CCC(=O)O. The van der Waals surface area contributed by atoms with Crippen molar-refractivity contribution in [2.75, 3.05) is 11.9 Å². The van der Waals surface area contributed by atoms with Crippen molar-refractivity contribution in [3.05, 3.63) is 70.3 Å². The van der Waals surface area contributed by atoms with Gasteiger partial charge in [0, 0.05) is 37.3 Å².